The lowest BCUT2D eigenvalue weighted by Gasteiger charge is -2.41. The lowest BCUT2D eigenvalue weighted by Crippen LogP contribution is -2.56. The van der Waals surface area contributed by atoms with Crippen LogP contribution in [0.3, 0.4) is 0 Å². The summed E-state index contributed by atoms with van der Waals surface area (Å²) in [6.07, 6.45) is 1.23. The Morgan fingerprint density at radius 2 is 1.82 bits per heavy atom. The third kappa shape index (κ3) is 4.92. The summed E-state index contributed by atoms with van der Waals surface area (Å²) in [5.41, 5.74) is 4.53. The largest absolute Gasteiger partial charge is 0.456 e. The number of imide groups is 1. The average Bonchev–Trinajstić information content (AvgIpc) is 3.21. The van der Waals surface area contributed by atoms with E-state index in [1.807, 2.05) is 51.1 Å². The second kappa shape index (κ2) is 9.72. The first-order valence-electron chi connectivity index (χ1n) is 12.9. The number of rotatable bonds is 6. The summed E-state index contributed by atoms with van der Waals surface area (Å²) in [4.78, 5) is 53.1. The number of hydrogen-bond acceptors (Lipinski definition) is 5. The molecule has 3 heterocycles. The molecule has 2 bridgehead atoms. The van der Waals surface area contributed by atoms with E-state index in [0.29, 0.717) is 31.7 Å². The first kappa shape index (κ1) is 26.2. The molecule has 1 aromatic heterocycles. The third-order valence-electron chi connectivity index (χ3n) is 7.14. The first-order chi connectivity index (χ1) is 18.5. The fraction of sp³-hybridized carbons (Fsp3) is 0.333. The summed E-state index contributed by atoms with van der Waals surface area (Å²) in [5.74, 6) is -1.32. The molecule has 0 saturated carbocycles. The molecule has 9 heteroatoms. The number of nitrogens with one attached hydrogen (secondary N) is 1. The number of amides is 4. The third-order valence-corrected chi connectivity index (χ3v) is 7.14. The minimum atomic E-state index is -0.581. The van der Waals surface area contributed by atoms with Crippen molar-refractivity contribution in [1.82, 2.24) is 19.7 Å². The molecular formula is C30H34N4O5. The highest BCUT2D eigenvalue weighted by atomic mass is 16.6. The van der Waals surface area contributed by atoms with Crippen molar-refractivity contribution in [3.63, 3.8) is 0 Å². The molecule has 204 valence electrons. The molecular weight excluding hydrogens is 496 g/mol. The zero-order valence-electron chi connectivity index (χ0n) is 22.6. The van der Waals surface area contributed by atoms with Gasteiger partial charge in [-0.05, 0) is 67.8 Å². The number of urea groups is 1. The monoisotopic (exact) mass is 530 g/mol. The van der Waals surface area contributed by atoms with Crippen LogP contribution in [0.25, 0.3) is 10.9 Å². The molecule has 39 heavy (non-hydrogen) atoms. The minimum absolute atomic E-state index is 0. The van der Waals surface area contributed by atoms with E-state index in [4.69, 9.17) is 4.74 Å². The molecule has 0 spiro atoms. The quantitative estimate of drug-likeness (QED) is 0.381. The van der Waals surface area contributed by atoms with Crippen molar-refractivity contribution < 1.29 is 25.3 Å². The van der Waals surface area contributed by atoms with Gasteiger partial charge < -0.3 is 19.5 Å². The Balaban J connectivity index is 0.00000370. The van der Waals surface area contributed by atoms with E-state index in [2.05, 4.69) is 16.5 Å². The van der Waals surface area contributed by atoms with Crippen LogP contribution in [-0.4, -0.2) is 57.4 Å². The topological polar surface area (TPSA) is 101 Å². The van der Waals surface area contributed by atoms with Gasteiger partial charge in [-0.25, -0.2) is 9.59 Å². The van der Waals surface area contributed by atoms with Gasteiger partial charge in [0.2, 0.25) is 11.8 Å². The van der Waals surface area contributed by atoms with E-state index >= 15 is 0 Å². The fourth-order valence-corrected chi connectivity index (χ4v) is 5.30. The molecule has 1 fully saturated rings. The number of carbonyl (C=O) groups excluding carboxylic acids is 4. The van der Waals surface area contributed by atoms with Gasteiger partial charge in [-0.1, -0.05) is 24.8 Å². The van der Waals surface area contributed by atoms with E-state index in [9.17, 15) is 19.2 Å². The van der Waals surface area contributed by atoms with Crippen molar-refractivity contribution in [3.8, 4) is 0 Å². The summed E-state index contributed by atoms with van der Waals surface area (Å²) < 4.78 is 7.62. The van der Waals surface area contributed by atoms with Gasteiger partial charge in [0.05, 0.1) is 18.0 Å². The Hall–Kier alpha value is -4.40. The smallest absolute Gasteiger partial charge is 0.338 e. The standard InChI is InChI=1S/C30H32N4O5.H2/c1-6-25(35)31-14-19-9-12-23-21(13-19)26-22-16-33(29(38)32(5)27(22)36)17-24(26)34(23)15-18-7-10-20(11-8-18)28(37)39-30(2,3)4;/h6-13,22H,1,14-17H2,2-5H3,(H,31,35);1H. The van der Waals surface area contributed by atoms with E-state index in [1.165, 1.54) is 18.0 Å². The molecule has 1 unspecified atom stereocenters. The van der Waals surface area contributed by atoms with Gasteiger partial charge >= 0.3 is 12.0 Å². The van der Waals surface area contributed by atoms with Crippen LogP contribution >= 0.6 is 0 Å². The molecule has 2 aliphatic heterocycles. The van der Waals surface area contributed by atoms with Crippen LogP contribution in [0, 0.1) is 0 Å². The molecule has 3 aromatic rings. The number of aromatic nitrogens is 1. The second-order valence-corrected chi connectivity index (χ2v) is 11.0. The van der Waals surface area contributed by atoms with Crippen LogP contribution in [0.15, 0.2) is 55.1 Å². The summed E-state index contributed by atoms with van der Waals surface area (Å²) in [5, 5.41) is 3.74. The predicted molar refractivity (Wildman–Crippen MR) is 148 cm³/mol. The normalized spacial score (nSPS) is 16.8. The van der Waals surface area contributed by atoms with Crippen LogP contribution in [0.5, 0.6) is 0 Å². The highest BCUT2D eigenvalue weighted by molar-refractivity contribution is 6.04. The van der Waals surface area contributed by atoms with E-state index in [1.54, 1.807) is 17.0 Å². The Morgan fingerprint density at radius 3 is 2.49 bits per heavy atom. The van der Waals surface area contributed by atoms with Gasteiger partial charge in [0, 0.05) is 44.7 Å². The van der Waals surface area contributed by atoms with Crippen LogP contribution in [0.4, 0.5) is 4.79 Å². The summed E-state index contributed by atoms with van der Waals surface area (Å²) in [7, 11) is 1.52. The molecule has 9 nitrogen and oxygen atoms in total. The molecule has 5 rings (SSSR count). The summed E-state index contributed by atoms with van der Waals surface area (Å²) in [6.45, 7) is 10.5. The van der Waals surface area contributed by atoms with E-state index < -0.39 is 11.5 Å². The van der Waals surface area contributed by atoms with Crippen molar-refractivity contribution in [2.24, 2.45) is 0 Å². The van der Waals surface area contributed by atoms with E-state index in [0.717, 1.165) is 33.3 Å². The summed E-state index contributed by atoms with van der Waals surface area (Å²) >= 11 is 0. The Kier molecular flexibility index (Phi) is 6.54. The zero-order chi connectivity index (χ0) is 28.1. The lowest BCUT2D eigenvalue weighted by molar-refractivity contribution is -0.132. The maximum Gasteiger partial charge on any atom is 0.338 e. The Morgan fingerprint density at radius 1 is 1.13 bits per heavy atom. The molecule has 2 aliphatic rings. The molecule has 0 aliphatic carbocycles. The molecule has 4 amide bonds. The van der Waals surface area contributed by atoms with Gasteiger partial charge in [-0.15, -0.1) is 0 Å². The van der Waals surface area contributed by atoms with Crippen LogP contribution in [-0.2, 0) is 34.0 Å². The summed E-state index contributed by atoms with van der Waals surface area (Å²) in [6, 6.07) is 12.9. The highest BCUT2D eigenvalue weighted by Crippen LogP contribution is 2.41. The van der Waals surface area contributed by atoms with Crippen molar-refractivity contribution in [2.75, 3.05) is 13.6 Å². The molecule has 2 aromatic carbocycles. The Bertz CT molecular complexity index is 1520. The van der Waals surface area contributed by atoms with Crippen molar-refractivity contribution >= 4 is 34.7 Å². The fourth-order valence-electron chi connectivity index (χ4n) is 5.30. The first-order valence-corrected chi connectivity index (χ1v) is 12.9. The van der Waals surface area contributed by atoms with Gasteiger partial charge in [0.1, 0.15) is 5.60 Å². The van der Waals surface area contributed by atoms with Crippen LogP contribution < -0.4 is 5.32 Å². The molecule has 1 atom stereocenters. The van der Waals surface area contributed by atoms with Gasteiger partial charge in [0.15, 0.2) is 0 Å². The molecule has 1 saturated heterocycles. The SMILES string of the molecule is C=CC(=O)NCc1ccc2c(c1)c1c(n2Cc2ccc(C(=O)OC(C)(C)C)cc2)CN2CC1C(=O)N(C)C2=O.[HH]. The second-order valence-electron chi connectivity index (χ2n) is 11.0. The van der Waals surface area contributed by atoms with Crippen molar-refractivity contribution in [1.29, 1.82) is 0 Å². The van der Waals surface area contributed by atoms with Crippen LogP contribution in [0.2, 0.25) is 0 Å². The number of fused-ring (bicyclic) bond motifs is 6. The number of likely N-dealkylation sites (N-methyl/N-ethyl adjacent to an activating group) is 1. The number of nitrogens with zero attached hydrogens (tertiary/aromatic N) is 3. The van der Waals surface area contributed by atoms with Crippen molar-refractivity contribution in [2.45, 2.75) is 51.9 Å². The number of benzene rings is 2. The van der Waals surface area contributed by atoms with Crippen LogP contribution in [0.1, 0.15) is 60.9 Å². The number of carbonyl (C=O) groups is 4. The maximum atomic E-state index is 13.2. The average molecular weight is 531 g/mol. The van der Waals surface area contributed by atoms with Gasteiger partial charge in [-0.2, -0.15) is 0 Å². The number of hydrogen-bond donors (Lipinski definition) is 1. The lowest BCUT2D eigenvalue weighted by atomic mass is 9.88. The molecule has 0 radical (unpaired) electrons. The van der Waals surface area contributed by atoms with Gasteiger partial charge in [0.25, 0.3) is 0 Å². The van der Waals surface area contributed by atoms with Crippen molar-refractivity contribution in [3.05, 3.63) is 83.1 Å². The number of ether oxygens (including phenoxy) is 1. The predicted octanol–water partition coefficient (Wildman–Crippen LogP) is 4.18. The zero-order valence-corrected chi connectivity index (χ0v) is 22.6. The minimum Gasteiger partial charge on any atom is -0.456 e. The maximum absolute atomic E-state index is 13.2. The number of esters is 1. The van der Waals surface area contributed by atoms with E-state index in [-0.39, 0.29) is 25.2 Å². The Labute approximate surface area is 228 Å². The molecule has 1 N–H and O–H groups in total. The van der Waals surface area contributed by atoms with Gasteiger partial charge in [-0.3, -0.25) is 14.5 Å². The highest BCUT2D eigenvalue weighted by Gasteiger charge is 2.44.